The summed E-state index contributed by atoms with van der Waals surface area (Å²) < 4.78 is 34.8. The smallest absolute Gasteiger partial charge is 0.287 e. The fourth-order valence-corrected chi connectivity index (χ4v) is 3.84. The molecule has 7 nitrogen and oxygen atoms in total. The van der Waals surface area contributed by atoms with Gasteiger partial charge in [0.25, 0.3) is 11.8 Å². The van der Waals surface area contributed by atoms with Crippen molar-refractivity contribution in [3.05, 3.63) is 59.6 Å². The van der Waals surface area contributed by atoms with E-state index in [0.717, 1.165) is 5.39 Å². The van der Waals surface area contributed by atoms with Crippen molar-refractivity contribution in [2.75, 3.05) is 13.1 Å². The number of aromatic nitrogens is 4. The van der Waals surface area contributed by atoms with Crippen molar-refractivity contribution in [3.63, 3.8) is 0 Å². The van der Waals surface area contributed by atoms with Gasteiger partial charge in [0.1, 0.15) is 10.7 Å². The average Bonchev–Trinajstić information content (AvgIpc) is 3.22. The first-order valence-corrected chi connectivity index (χ1v) is 9.98. The number of amides is 1. The molecule has 4 aromatic rings. The van der Waals surface area contributed by atoms with Crippen LogP contribution in [0.3, 0.4) is 0 Å². The SMILES string of the molecule is O=C(c1nc(Cl)cc2[nH]cnc12)N1CCC(F)(F)[C@@H](Oc2ccc3ccccc3n2)C1. The lowest BCUT2D eigenvalue weighted by Gasteiger charge is -2.37. The second-order valence-electron chi connectivity index (χ2n) is 7.30. The Hall–Kier alpha value is -3.33. The average molecular weight is 444 g/mol. The number of halogens is 3. The number of pyridine rings is 2. The number of aromatic amines is 1. The Balaban J connectivity index is 1.41. The van der Waals surface area contributed by atoms with Crippen molar-refractivity contribution >= 4 is 39.4 Å². The van der Waals surface area contributed by atoms with E-state index in [4.69, 9.17) is 16.3 Å². The van der Waals surface area contributed by atoms with Crippen LogP contribution in [0.5, 0.6) is 5.88 Å². The van der Waals surface area contributed by atoms with Gasteiger partial charge in [-0.2, -0.15) is 0 Å². The number of alkyl halides is 2. The van der Waals surface area contributed by atoms with E-state index in [1.54, 1.807) is 24.3 Å². The first kappa shape index (κ1) is 19.6. The molecule has 4 heterocycles. The van der Waals surface area contributed by atoms with Crippen LogP contribution in [0.25, 0.3) is 21.9 Å². The highest BCUT2D eigenvalue weighted by Gasteiger charge is 2.47. The summed E-state index contributed by atoms with van der Waals surface area (Å²) in [5.41, 5.74) is 1.52. The van der Waals surface area contributed by atoms with Gasteiger partial charge < -0.3 is 14.6 Å². The van der Waals surface area contributed by atoms with Crippen molar-refractivity contribution < 1.29 is 18.3 Å². The molecule has 0 aliphatic carbocycles. The van der Waals surface area contributed by atoms with Crippen LogP contribution in [0.4, 0.5) is 8.78 Å². The van der Waals surface area contributed by atoms with Crippen LogP contribution >= 0.6 is 11.6 Å². The van der Waals surface area contributed by atoms with Gasteiger partial charge in [-0.15, -0.1) is 0 Å². The van der Waals surface area contributed by atoms with E-state index in [0.29, 0.717) is 16.6 Å². The van der Waals surface area contributed by atoms with Gasteiger partial charge in [0.05, 0.1) is 23.9 Å². The Morgan fingerprint density at radius 1 is 1.23 bits per heavy atom. The molecule has 1 aliphatic heterocycles. The quantitative estimate of drug-likeness (QED) is 0.482. The lowest BCUT2D eigenvalue weighted by molar-refractivity contribution is -0.131. The van der Waals surface area contributed by atoms with E-state index in [2.05, 4.69) is 19.9 Å². The molecule has 0 spiro atoms. The van der Waals surface area contributed by atoms with E-state index in [1.165, 1.54) is 11.2 Å². The molecular weight excluding hydrogens is 428 g/mol. The zero-order valence-corrected chi connectivity index (χ0v) is 16.8. The number of carbonyl (C=O) groups excluding carboxylic acids is 1. The summed E-state index contributed by atoms with van der Waals surface area (Å²) >= 11 is 6.01. The molecule has 31 heavy (non-hydrogen) atoms. The minimum atomic E-state index is -3.12. The van der Waals surface area contributed by atoms with Crippen molar-refractivity contribution in [1.29, 1.82) is 0 Å². The largest absolute Gasteiger partial charge is 0.466 e. The summed E-state index contributed by atoms with van der Waals surface area (Å²) in [7, 11) is 0. The maximum Gasteiger partial charge on any atom is 0.287 e. The highest BCUT2D eigenvalue weighted by Crippen LogP contribution is 2.33. The van der Waals surface area contributed by atoms with E-state index in [-0.39, 0.29) is 29.8 Å². The Bertz CT molecular complexity index is 1300. The van der Waals surface area contributed by atoms with Crippen molar-refractivity contribution in [2.24, 2.45) is 0 Å². The Labute approximate surface area is 180 Å². The normalized spacial score (nSPS) is 18.4. The standard InChI is InChI=1S/C21H16ClF2N5O2/c22-16-9-14-18(26-11-25-14)19(28-16)20(30)29-8-7-21(23,24)15(10-29)31-17-6-5-12-3-1-2-4-13(12)27-17/h1-6,9,11,15H,7-8,10H2,(H,25,26)/t15-/m0/s1. The highest BCUT2D eigenvalue weighted by molar-refractivity contribution is 6.30. The summed E-state index contributed by atoms with van der Waals surface area (Å²) in [6.07, 6.45) is -0.671. The second-order valence-corrected chi connectivity index (χ2v) is 7.69. The van der Waals surface area contributed by atoms with Gasteiger partial charge in [-0.05, 0) is 12.1 Å². The number of ether oxygens (including phenoxy) is 1. The number of carbonyl (C=O) groups is 1. The zero-order valence-electron chi connectivity index (χ0n) is 16.1. The maximum absolute atomic E-state index is 14.6. The third-order valence-electron chi connectivity index (χ3n) is 5.27. The minimum Gasteiger partial charge on any atom is -0.466 e. The van der Waals surface area contributed by atoms with Gasteiger partial charge in [-0.25, -0.2) is 23.7 Å². The molecule has 1 N–H and O–H groups in total. The van der Waals surface area contributed by atoms with Crippen LogP contribution < -0.4 is 4.74 Å². The molecule has 5 rings (SSSR count). The van der Waals surface area contributed by atoms with Crippen LogP contribution in [0.1, 0.15) is 16.9 Å². The molecule has 0 saturated carbocycles. The molecule has 10 heteroatoms. The van der Waals surface area contributed by atoms with E-state index in [9.17, 15) is 13.6 Å². The van der Waals surface area contributed by atoms with Gasteiger partial charge in [-0.3, -0.25) is 4.79 Å². The van der Waals surface area contributed by atoms with Gasteiger partial charge in [0.15, 0.2) is 11.8 Å². The summed E-state index contributed by atoms with van der Waals surface area (Å²) in [6, 6.07) is 12.2. The number of H-pyrrole nitrogens is 1. The van der Waals surface area contributed by atoms with E-state index < -0.39 is 24.4 Å². The third-order valence-corrected chi connectivity index (χ3v) is 5.47. The molecule has 1 saturated heterocycles. The first-order chi connectivity index (χ1) is 14.9. The third kappa shape index (κ3) is 3.65. The number of para-hydroxylation sites is 1. The summed E-state index contributed by atoms with van der Waals surface area (Å²) in [4.78, 5) is 29.7. The van der Waals surface area contributed by atoms with Crippen LogP contribution in [0.15, 0.2) is 48.8 Å². The molecule has 1 aliphatic rings. The van der Waals surface area contributed by atoms with Gasteiger partial charge in [0.2, 0.25) is 5.88 Å². The number of nitrogens with zero attached hydrogens (tertiary/aromatic N) is 4. The monoisotopic (exact) mass is 443 g/mol. The number of hydrogen-bond donors (Lipinski definition) is 1. The molecule has 1 amide bonds. The summed E-state index contributed by atoms with van der Waals surface area (Å²) in [5, 5.41) is 0.979. The number of imidazole rings is 1. The van der Waals surface area contributed by atoms with Crippen LogP contribution in [-0.2, 0) is 0 Å². The Morgan fingerprint density at radius 3 is 2.94 bits per heavy atom. The number of hydrogen-bond acceptors (Lipinski definition) is 5. The number of piperidine rings is 1. The van der Waals surface area contributed by atoms with Crippen LogP contribution in [0.2, 0.25) is 5.15 Å². The fourth-order valence-electron chi connectivity index (χ4n) is 3.65. The molecule has 0 bridgehead atoms. The number of rotatable bonds is 3. The molecule has 0 unspecified atom stereocenters. The molecular formula is C21H16ClF2N5O2. The molecule has 0 radical (unpaired) electrons. The number of benzene rings is 1. The lowest BCUT2D eigenvalue weighted by atomic mass is 10.0. The zero-order chi connectivity index (χ0) is 21.6. The molecule has 1 aromatic carbocycles. The maximum atomic E-state index is 14.6. The predicted octanol–water partition coefficient (Wildman–Crippen LogP) is 4.09. The number of nitrogens with one attached hydrogen (secondary N) is 1. The summed E-state index contributed by atoms with van der Waals surface area (Å²) in [6.45, 7) is -0.461. The van der Waals surface area contributed by atoms with E-state index >= 15 is 0 Å². The summed E-state index contributed by atoms with van der Waals surface area (Å²) in [5.74, 6) is -3.57. The van der Waals surface area contributed by atoms with Gasteiger partial charge in [0, 0.05) is 30.5 Å². The minimum absolute atomic E-state index is 0.0107. The van der Waals surface area contributed by atoms with Crippen molar-refractivity contribution in [1.82, 2.24) is 24.8 Å². The van der Waals surface area contributed by atoms with Crippen molar-refractivity contribution in [2.45, 2.75) is 18.4 Å². The second kappa shape index (κ2) is 7.42. The number of fused-ring (bicyclic) bond motifs is 2. The topological polar surface area (TPSA) is 84.0 Å². The molecule has 158 valence electrons. The van der Waals surface area contributed by atoms with Gasteiger partial charge in [-0.1, -0.05) is 29.8 Å². The van der Waals surface area contributed by atoms with E-state index in [1.807, 2.05) is 18.2 Å². The Morgan fingerprint density at radius 2 is 2.06 bits per heavy atom. The van der Waals surface area contributed by atoms with Crippen LogP contribution in [-0.4, -0.2) is 55.9 Å². The molecule has 1 atom stereocenters. The van der Waals surface area contributed by atoms with Crippen LogP contribution in [0, 0.1) is 0 Å². The van der Waals surface area contributed by atoms with Crippen molar-refractivity contribution in [3.8, 4) is 5.88 Å². The molecule has 3 aromatic heterocycles. The number of likely N-dealkylation sites (tertiary alicyclic amines) is 1. The lowest BCUT2D eigenvalue weighted by Crippen LogP contribution is -2.55. The highest BCUT2D eigenvalue weighted by atomic mass is 35.5. The fraction of sp³-hybridized carbons (Fsp3) is 0.238. The van der Waals surface area contributed by atoms with Gasteiger partial charge >= 0.3 is 0 Å². The molecule has 1 fully saturated rings. The predicted molar refractivity (Wildman–Crippen MR) is 111 cm³/mol. The Kier molecular flexibility index (Phi) is 4.70. The first-order valence-electron chi connectivity index (χ1n) is 9.60.